The number of fused-ring (bicyclic) bond motifs is 1. The van der Waals surface area contributed by atoms with Crippen LogP contribution in [0.25, 0.3) is 5.65 Å². The molecule has 1 amide bonds. The molecule has 0 bridgehead atoms. The summed E-state index contributed by atoms with van der Waals surface area (Å²) in [5, 5.41) is 7.81. The summed E-state index contributed by atoms with van der Waals surface area (Å²) in [5.41, 5.74) is 1.37. The third kappa shape index (κ3) is 3.72. The van der Waals surface area contributed by atoms with Crippen LogP contribution in [0.4, 0.5) is 0 Å². The van der Waals surface area contributed by atoms with Crippen LogP contribution in [0.1, 0.15) is 30.1 Å². The van der Waals surface area contributed by atoms with Gasteiger partial charge in [0, 0.05) is 32.1 Å². The van der Waals surface area contributed by atoms with Crippen LogP contribution in [0.3, 0.4) is 0 Å². The van der Waals surface area contributed by atoms with Gasteiger partial charge in [0.25, 0.3) is 5.91 Å². The van der Waals surface area contributed by atoms with Crippen LogP contribution in [-0.4, -0.2) is 51.2 Å². The van der Waals surface area contributed by atoms with Gasteiger partial charge in [-0.15, -0.1) is 10.2 Å². The fourth-order valence-electron chi connectivity index (χ4n) is 3.32. The van der Waals surface area contributed by atoms with E-state index < -0.39 is 0 Å². The fourth-order valence-corrected chi connectivity index (χ4v) is 3.32. The van der Waals surface area contributed by atoms with Gasteiger partial charge in [-0.3, -0.25) is 9.20 Å². The number of carbonyl (C=O) groups is 1. The lowest BCUT2D eigenvalue weighted by atomic mass is 10.1. The minimum Gasteiger partial charge on any atom is -0.490 e. The second-order valence-corrected chi connectivity index (χ2v) is 6.50. The first-order valence-electron chi connectivity index (χ1n) is 9.21. The zero-order chi connectivity index (χ0) is 18.6. The summed E-state index contributed by atoms with van der Waals surface area (Å²) in [6.07, 6.45) is 5.04. The maximum Gasteiger partial charge on any atom is 0.255 e. The molecule has 0 unspecified atom stereocenters. The first-order valence-corrected chi connectivity index (χ1v) is 9.21. The highest BCUT2D eigenvalue weighted by Gasteiger charge is 2.25. The fraction of sp³-hybridized carbons (Fsp3) is 0.350. The molecule has 0 atom stereocenters. The number of hydrogen-bond donors (Lipinski definition) is 0. The maximum absolute atomic E-state index is 12.8. The van der Waals surface area contributed by atoms with E-state index in [1.807, 2.05) is 36.1 Å². The number of amides is 1. The smallest absolute Gasteiger partial charge is 0.255 e. The molecule has 0 radical (unpaired) electrons. The van der Waals surface area contributed by atoms with Crippen molar-refractivity contribution in [3.8, 4) is 11.5 Å². The molecule has 0 saturated carbocycles. The predicted octanol–water partition coefficient (Wildman–Crippen LogP) is 2.81. The molecule has 3 aromatic rings. The number of benzene rings is 1. The minimum absolute atomic E-state index is 0.0266. The first kappa shape index (κ1) is 17.3. The van der Waals surface area contributed by atoms with Crippen molar-refractivity contribution >= 4 is 11.6 Å². The lowest BCUT2D eigenvalue weighted by Gasteiger charge is -2.32. The molecule has 1 aromatic carbocycles. The summed E-state index contributed by atoms with van der Waals surface area (Å²) in [6, 6.07) is 11.3. The Kier molecular flexibility index (Phi) is 4.91. The van der Waals surface area contributed by atoms with Crippen molar-refractivity contribution in [3.05, 3.63) is 54.5 Å². The van der Waals surface area contributed by atoms with Gasteiger partial charge in [0.05, 0.1) is 12.2 Å². The average molecular weight is 366 g/mol. The van der Waals surface area contributed by atoms with E-state index >= 15 is 0 Å². The zero-order valence-corrected chi connectivity index (χ0v) is 15.2. The Morgan fingerprint density at radius 2 is 1.93 bits per heavy atom. The van der Waals surface area contributed by atoms with Crippen molar-refractivity contribution in [1.29, 1.82) is 0 Å². The standard InChI is InChI=1S/C20H22N4O3/c1-2-26-17-5-3-4-6-18(17)27-16-9-11-23(12-10-16)20(25)15-7-8-19-22-21-14-24(19)13-15/h3-8,13-14,16H,2,9-12H2,1H3. The molecule has 0 spiro atoms. The molecule has 0 aliphatic carbocycles. The minimum atomic E-state index is 0.0266. The van der Waals surface area contributed by atoms with Gasteiger partial charge in [-0.05, 0) is 31.2 Å². The monoisotopic (exact) mass is 366 g/mol. The van der Waals surface area contributed by atoms with E-state index in [-0.39, 0.29) is 12.0 Å². The van der Waals surface area contributed by atoms with Gasteiger partial charge in [-0.25, -0.2) is 0 Å². The van der Waals surface area contributed by atoms with Crippen LogP contribution >= 0.6 is 0 Å². The Bertz CT molecular complexity index is 932. The topological polar surface area (TPSA) is 69.0 Å². The molecule has 27 heavy (non-hydrogen) atoms. The summed E-state index contributed by atoms with van der Waals surface area (Å²) < 4.78 is 13.5. The van der Waals surface area contributed by atoms with E-state index in [0.717, 1.165) is 30.0 Å². The number of ether oxygens (including phenoxy) is 2. The average Bonchev–Trinajstić information content (AvgIpc) is 3.17. The number of hydrogen-bond acceptors (Lipinski definition) is 5. The summed E-state index contributed by atoms with van der Waals surface area (Å²) in [5.74, 6) is 1.56. The van der Waals surface area contributed by atoms with E-state index in [9.17, 15) is 4.79 Å². The van der Waals surface area contributed by atoms with Crippen LogP contribution in [0.15, 0.2) is 48.9 Å². The van der Waals surface area contributed by atoms with Crippen LogP contribution in [0.2, 0.25) is 0 Å². The lowest BCUT2D eigenvalue weighted by Crippen LogP contribution is -2.41. The first-order chi connectivity index (χ1) is 13.2. The molecule has 7 nitrogen and oxygen atoms in total. The molecule has 1 aliphatic heterocycles. The van der Waals surface area contributed by atoms with Crippen molar-refractivity contribution in [2.45, 2.75) is 25.9 Å². The van der Waals surface area contributed by atoms with Gasteiger partial charge in [0.1, 0.15) is 12.4 Å². The number of likely N-dealkylation sites (tertiary alicyclic amines) is 1. The Balaban J connectivity index is 1.38. The SMILES string of the molecule is CCOc1ccccc1OC1CCN(C(=O)c2ccc3nncn3c2)CC1. The lowest BCUT2D eigenvalue weighted by molar-refractivity contribution is 0.0589. The van der Waals surface area contributed by atoms with Crippen molar-refractivity contribution in [2.75, 3.05) is 19.7 Å². The molecule has 4 rings (SSSR count). The molecule has 3 heterocycles. The highest BCUT2D eigenvalue weighted by molar-refractivity contribution is 5.94. The van der Waals surface area contributed by atoms with Crippen LogP contribution < -0.4 is 9.47 Å². The van der Waals surface area contributed by atoms with Gasteiger partial charge < -0.3 is 14.4 Å². The van der Waals surface area contributed by atoms with E-state index in [2.05, 4.69) is 10.2 Å². The number of pyridine rings is 1. The highest BCUT2D eigenvalue weighted by atomic mass is 16.5. The molecular weight excluding hydrogens is 344 g/mol. The third-order valence-corrected chi connectivity index (χ3v) is 4.71. The maximum atomic E-state index is 12.8. The van der Waals surface area contributed by atoms with Gasteiger partial charge in [-0.1, -0.05) is 12.1 Å². The molecule has 1 aliphatic rings. The second-order valence-electron chi connectivity index (χ2n) is 6.50. The second kappa shape index (κ2) is 7.65. The number of rotatable bonds is 5. The normalized spacial score (nSPS) is 15.1. The van der Waals surface area contributed by atoms with Crippen molar-refractivity contribution in [1.82, 2.24) is 19.5 Å². The molecule has 7 heteroatoms. The van der Waals surface area contributed by atoms with Crippen LogP contribution in [0, 0.1) is 0 Å². The number of para-hydroxylation sites is 2. The Morgan fingerprint density at radius 1 is 1.15 bits per heavy atom. The Labute approximate surface area is 157 Å². The van der Waals surface area contributed by atoms with E-state index in [0.29, 0.717) is 25.3 Å². The number of carbonyl (C=O) groups excluding carboxylic acids is 1. The van der Waals surface area contributed by atoms with Gasteiger partial charge >= 0.3 is 0 Å². The predicted molar refractivity (Wildman–Crippen MR) is 100 cm³/mol. The zero-order valence-electron chi connectivity index (χ0n) is 15.2. The molecular formula is C20H22N4O3. The van der Waals surface area contributed by atoms with Crippen LogP contribution in [-0.2, 0) is 0 Å². The van der Waals surface area contributed by atoms with E-state index in [1.165, 1.54) is 0 Å². The van der Waals surface area contributed by atoms with E-state index in [1.54, 1.807) is 29.1 Å². The molecule has 2 aromatic heterocycles. The van der Waals surface area contributed by atoms with Crippen molar-refractivity contribution in [3.63, 3.8) is 0 Å². The summed E-state index contributed by atoms with van der Waals surface area (Å²) >= 11 is 0. The van der Waals surface area contributed by atoms with Crippen molar-refractivity contribution < 1.29 is 14.3 Å². The van der Waals surface area contributed by atoms with Crippen molar-refractivity contribution in [2.24, 2.45) is 0 Å². The summed E-state index contributed by atoms with van der Waals surface area (Å²) in [6.45, 7) is 3.89. The molecule has 1 fully saturated rings. The summed E-state index contributed by atoms with van der Waals surface area (Å²) in [4.78, 5) is 14.7. The number of nitrogens with zero attached hydrogens (tertiary/aromatic N) is 4. The number of aromatic nitrogens is 3. The summed E-state index contributed by atoms with van der Waals surface area (Å²) in [7, 11) is 0. The number of piperidine rings is 1. The van der Waals surface area contributed by atoms with Gasteiger partial charge in [0.2, 0.25) is 0 Å². The quantitative estimate of drug-likeness (QED) is 0.694. The molecule has 1 saturated heterocycles. The van der Waals surface area contributed by atoms with Crippen LogP contribution in [0.5, 0.6) is 11.5 Å². The Morgan fingerprint density at radius 3 is 2.70 bits per heavy atom. The van der Waals surface area contributed by atoms with E-state index in [4.69, 9.17) is 9.47 Å². The Hall–Kier alpha value is -3.09. The highest BCUT2D eigenvalue weighted by Crippen LogP contribution is 2.29. The van der Waals surface area contributed by atoms with Gasteiger partial charge in [0.15, 0.2) is 17.1 Å². The molecule has 0 N–H and O–H groups in total. The third-order valence-electron chi connectivity index (χ3n) is 4.71. The molecule has 140 valence electrons. The van der Waals surface area contributed by atoms with Gasteiger partial charge in [-0.2, -0.15) is 0 Å². The largest absolute Gasteiger partial charge is 0.490 e.